The Labute approximate surface area is 268 Å². The van der Waals surface area contributed by atoms with E-state index in [1.54, 1.807) is 19.0 Å². The first kappa shape index (κ1) is 31.4. The summed E-state index contributed by atoms with van der Waals surface area (Å²) < 4.78 is 0. The average Bonchev–Trinajstić information content (AvgIpc) is 3.43. The summed E-state index contributed by atoms with van der Waals surface area (Å²) in [6.07, 6.45) is 3.43. The maximum Gasteiger partial charge on any atom is 0.251 e. The Hall–Kier alpha value is -4.63. The lowest BCUT2D eigenvalue weighted by atomic mass is 9.64. The fraction of sp³-hybridized carbons (Fsp3) is 0.500. The van der Waals surface area contributed by atoms with Crippen LogP contribution in [0, 0.1) is 22.7 Å². The van der Waals surface area contributed by atoms with Crippen LogP contribution < -0.4 is 16.0 Å². The Morgan fingerprint density at radius 1 is 1.02 bits per heavy atom. The van der Waals surface area contributed by atoms with Crippen molar-refractivity contribution in [3.8, 4) is 6.07 Å². The van der Waals surface area contributed by atoms with Gasteiger partial charge in [0, 0.05) is 37.3 Å². The number of H-pyrrole nitrogens is 1. The minimum Gasteiger partial charge on any atom is -0.355 e. The van der Waals surface area contributed by atoms with Crippen molar-refractivity contribution in [3.63, 3.8) is 0 Å². The first-order valence-electron chi connectivity index (χ1n) is 15.9. The van der Waals surface area contributed by atoms with Crippen LogP contribution in [0.15, 0.2) is 36.4 Å². The van der Waals surface area contributed by atoms with Crippen LogP contribution in [0.3, 0.4) is 0 Å². The number of carbonyl (C=O) groups excluding carboxylic acids is 3. The number of piperidine rings is 1. The number of rotatable bonds is 8. The lowest BCUT2D eigenvalue weighted by Crippen LogP contribution is -2.51. The SMILES string of the molecule is CNC(=O)c1ccc2c(c1)CCc1cc(C(=O)NC)ccc1C2(C[C@H](NCC(=O)N1[C@H](C#N)C[C@@H]2C[C@@H]21)C(C)(C)C)c1nn[nH]n1. The quantitative estimate of drug-likeness (QED) is 0.296. The molecule has 4 N–H and O–H groups in total. The molecule has 1 saturated heterocycles. The summed E-state index contributed by atoms with van der Waals surface area (Å²) in [5.41, 5.74) is 3.66. The predicted molar refractivity (Wildman–Crippen MR) is 170 cm³/mol. The number of likely N-dealkylation sites (tertiary alicyclic amines) is 1. The monoisotopic (exact) mass is 623 g/mol. The largest absolute Gasteiger partial charge is 0.355 e. The Balaban J connectivity index is 1.48. The van der Waals surface area contributed by atoms with E-state index in [2.05, 4.69) is 63.4 Å². The molecule has 0 bridgehead atoms. The molecular weight excluding hydrogens is 582 g/mol. The van der Waals surface area contributed by atoms with Crippen molar-refractivity contribution >= 4 is 17.7 Å². The Bertz CT molecular complexity index is 1640. The molecule has 2 heterocycles. The summed E-state index contributed by atoms with van der Waals surface area (Å²) in [7, 11) is 3.22. The van der Waals surface area contributed by atoms with Gasteiger partial charge in [-0.1, -0.05) is 38.1 Å². The summed E-state index contributed by atoms with van der Waals surface area (Å²) in [5.74, 6) is 0.475. The topological polar surface area (TPSA) is 169 Å². The smallest absolute Gasteiger partial charge is 0.251 e. The number of tetrazole rings is 1. The van der Waals surface area contributed by atoms with Crippen LogP contribution in [0.1, 0.15) is 88.8 Å². The number of aromatic nitrogens is 4. The van der Waals surface area contributed by atoms with Gasteiger partial charge in [-0.2, -0.15) is 10.5 Å². The van der Waals surface area contributed by atoms with Crippen LogP contribution in [0.2, 0.25) is 0 Å². The highest BCUT2D eigenvalue weighted by Gasteiger charge is 2.54. The molecule has 4 atom stereocenters. The van der Waals surface area contributed by atoms with Gasteiger partial charge in [-0.05, 0) is 90.0 Å². The number of nitriles is 1. The molecule has 46 heavy (non-hydrogen) atoms. The molecule has 0 radical (unpaired) electrons. The molecule has 240 valence electrons. The van der Waals surface area contributed by atoms with E-state index < -0.39 is 5.41 Å². The van der Waals surface area contributed by atoms with E-state index in [1.165, 1.54) is 0 Å². The molecule has 1 aliphatic heterocycles. The van der Waals surface area contributed by atoms with E-state index in [-0.39, 0.29) is 47.8 Å². The third-order valence-corrected chi connectivity index (χ3v) is 10.1. The third-order valence-electron chi connectivity index (χ3n) is 10.1. The lowest BCUT2D eigenvalue weighted by molar-refractivity contribution is -0.131. The molecule has 3 aliphatic rings. The second kappa shape index (κ2) is 11.9. The molecule has 3 aromatic rings. The molecule has 6 rings (SSSR count). The van der Waals surface area contributed by atoms with Crippen LogP contribution >= 0.6 is 0 Å². The average molecular weight is 624 g/mol. The number of carbonyl (C=O) groups is 3. The van der Waals surface area contributed by atoms with E-state index in [0.717, 1.165) is 35.1 Å². The van der Waals surface area contributed by atoms with Gasteiger partial charge in [0.05, 0.1) is 18.0 Å². The first-order valence-corrected chi connectivity index (χ1v) is 15.9. The van der Waals surface area contributed by atoms with Crippen LogP contribution in [-0.2, 0) is 23.1 Å². The van der Waals surface area contributed by atoms with Crippen molar-refractivity contribution in [1.29, 1.82) is 5.26 Å². The fourth-order valence-corrected chi connectivity index (χ4v) is 7.54. The van der Waals surface area contributed by atoms with E-state index in [9.17, 15) is 19.6 Å². The number of fused-ring (bicyclic) bond motifs is 3. The number of aryl methyl sites for hydroxylation is 2. The van der Waals surface area contributed by atoms with Gasteiger partial charge in [-0.3, -0.25) is 14.4 Å². The van der Waals surface area contributed by atoms with E-state index in [4.69, 9.17) is 0 Å². The molecule has 3 amide bonds. The zero-order chi connectivity index (χ0) is 32.8. The minimum absolute atomic E-state index is 0.0634. The van der Waals surface area contributed by atoms with Crippen molar-refractivity contribution < 1.29 is 14.4 Å². The van der Waals surface area contributed by atoms with Gasteiger partial charge in [0.2, 0.25) is 5.91 Å². The van der Waals surface area contributed by atoms with Gasteiger partial charge < -0.3 is 20.9 Å². The second-order valence-electron chi connectivity index (χ2n) is 13.8. The predicted octanol–water partition coefficient (Wildman–Crippen LogP) is 2.26. The van der Waals surface area contributed by atoms with Gasteiger partial charge in [0.15, 0.2) is 5.82 Å². The van der Waals surface area contributed by atoms with E-state index in [1.807, 2.05) is 36.4 Å². The number of hydrogen-bond acceptors (Lipinski definition) is 8. The number of amides is 3. The zero-order valence-electron chi connectivity index (χ0n) is 27.0. The van der Waals surface area contributed by atoms with Gasteiger partial charge in [-0.25, -0.2) is 0 Å². The zero-order valence-corrected chi connectivity index (χ0v) is 27.0. The number of aromatic amines is 1. The number of benzene rings is 2. The van der Waals surface area contributed by atoms with Crippen LogP contribution in [0.25, 0.3) is 0 Å². The third kappa shape index (κ3) is 5.42. The van der Waals surface area contributed by atoms with Crippen molar-refractivity contribution in [2.24, 2.45) is 11.3 Å². The maximum atomic E-state index is 13.6. The minimum atomic E-state index is -0.949. The summed E-state index contributed by atoms with van der Waals surface area (Å²) in [5, 5.41) is 34.6. The lowest BCUT2D eigenvalue weighted by Gasteiger charge is -2.41. The molecule has 12 nitrogen and oxygen atoms in total. The summed E-state index contributed by atoms with van der Waals surface area (Å²) in [6.45, 7) is 6.49. The highest BCUT2D eigenvalue weighted by Crippen LogP contribution is 2.49. The first-order chi connectivity index (χ1) is 22.0. The van der Waals surface area contributed by atoms with Crippen LogP contribution in [0.4, 0.5) is 0 Å². The fourth-order valence-electron chi connectivity index (χ4n) is 7.54. The standard InChI is InChI=1S/C34H41N9O3/c1-33(2,3)28(38-18-29(44)43-24(17-35)14-23-15-27(23)43)16-34(32-39-41-42-40-32)25-10-8-21(30(45)36-4)12-19(25)6-7-20-13-22(31(46)37-5)9-11-26(20)34/h8-13,23-24,27-28,38H,6-7,14-16,18H2,1-5H3,(H,36,45)(H,37,46)(H,39,40,41,42)/t23-,24+,27+,28+/m1/s1. The molecular formula is C34H41N9O3. The molecule has 2 aromatic carbocycles. The van der Waals surface area contributed by atoms with Crippen molar-refractivity contribution in [2.75, 3.05) is 20.6 Å². The Morgan fingerprint density at radius 3 is 2.13 bits per heavy atom. The van der Waals surface area contributed by atoms with Crippen molar-refractivity contribution in [1.82, 2.24) is 41.5 Å². The van der Waals surface area contributed by atoms with Crippen LogP contribution in [0.5, 0.6) is 0 Å². The van der Waals surface area contributed by atoms with Crippen molar-refractivity contribution in [3.05, 3.63) is 75.6 Å². The molecule has 1 saturated carbocycles. The summed E-state index contributed by atoms with van der Waals surface area (Å²) in [4.78, 5) is 40.8. The number of nitrogens with zero attached hydrogens (tertiary/aromatic N) is 5. The number of nitrogens with one attached hydrogen (secondary N) is 4. The summed E-state index contributed by atoms with van der Waals surface area (Å²) in [6, 6.07) is 13.4. The van der Waals surface area contributed by atoms with Crippen LogP contribution in [-0.4, -0.2) is 82.0 Å². The molecule has 0 unspecified atom stereocenters. The number of hydrogen-bond donors (Lipinski definition) is 4. The Morgan fingerprint density at radius 2 is 1.63 bits per heavy atom. The molecule has 0 spiro atoms. The van der Waals surface area contributed by atoms with Gasteiger partial charge in [0.1, 0.15) is 6.04 Å². The maximum absolute atomic E-state index is 13.6. The molecule has 2 fully saturated rings. The molecule has 1 aromatic heterocycles. The van der Waals surface area contributed by atoms with E-state index in [0.29, 0.717) is 42.1 Å². The highest BCUT2D eigenvalue weighted by atomic mass is 16.2. The molecule has 12 heteroatoms. The normalized spacial score (nSPS) is 21.6. The van der Waals surface area contributed by atoms with Gasteiger partial charge >= 0.3 is 0 Å². The van der Waals surface area contributed by atoms with Gasteiger partial charge in [0.25, 0.3) is 11.8 Å². The summed E-state index contributed by atoms with van der Waals surface area (Å²) >= 11 is 0. The van der Waals surface area contributed by atoms with E-state index >= 15 is 0 Å². The van der Waals surface area contributed by atoms with Crippen molar-refractivity contribution in [2.45, 2.75) is 76.4 Å². The molecule has 2 aliphatic carbocycles. The highest BCUT2D eigenvalue weighted by molar-refractivity contribution is 5.95. The second-order valence-corrected chi connectivity index (χ2v) is 13.8. The van der Waals surface area contributed by atoms with Gasteiger partial charge in [-0.15, -0.1) is 10.2 Å². The Kier molecular flexibility index (Phi) is 8.14.